The van der Waals surface area contributed by atoms with Crippen LogP contribution >= 0.6 is 0 Å². The van der Waals surface area contributed by atoms with Crippen LogP contribution in [0.4, 0.5) is 0 Å². The van der Waals surface area contributed by atoms with Crippen molar-refractivity contribution in [2.45, 2.75) is 0 Å². The van der Waals surface area contributed by atoms with E-state index in [-0.39, 0.29) is 0 Å². The molecule has 0 aliphatic heterocycles. The van der Waals surface area contributed by atoms with Crippen LogP contribution in [0.5, 0.6) is 0 Å². The van der Waals surface area contributed by atoms with Gasteiger partial charge in [-0.1, -0.05) is 127 Å². The van der Waals surface area contributed by atoms with Crippen molar-refractivity contribution >= 4 is 54.6 Å². The predicted molar refractivity (Wildman–Crippen MR) is 218 cm³/mol. The number of rotatable bonds is 5. The zero-order valence-corrected chi connectivity index (χ0v) is 28.7. The fraction of sp³-hybridized carbons (Fsp3) is 0. The van der Waals surface area contributed by atoms with Gasteiger partial charge in [0.2, 0.25) is 0 Å². The second kappa shape index (κ2) is 11.1. The fourth-order valence-corrected chi connectivity index (χ4v) is 8.41. The lowest BCUT2D eigenvalue weighted by Gasteiger charge is -2.11. The average Bonchev–Trinajstić information content (AvgIpc) is 3.79. The third-order valence-corrected chi connectivity index (χ3v) is 10.8. The molecule has 0 unspecified atom stereocenters. The molecule has 1 aliphatic carbocycles. The molecule has 3 heterocycles. The van der Waals surface area contributed by atoms with Crippen molar-refractivity contribution in [3.05, 3.63) is 164 Å². The number of aromatic nitrogens is 3. The summed E-state index contributed by atoms with van der Waals surface area (Å²) in [6.45, 7) is 0. The molecule has 250 valence electrons. The number of hydrogen-bond acceptors (Lipinski definition) is 5. The van der Waals surface area contributed by atoms with Gasteiger partial charge in [0.1, 0.15) is 22.3 Å². The lowest BCUT2D eigenvalue weighted by molar-refractivity contribution is 0.669. The maximum atomic E-state index is 6.85. The molecule has 0 saturated carbocycles. The van der Waals surface area contributed by atoms with Crippen LogP contribution in [0.2, 0.25) is 0 Å². The first-order chi connectivity index (χ1) is 26.7. The minimum atomic E-state index is 0.605. The number of fused-ring (bicyclic) bond motifs is 1. The normalized spacial score (nSPS) is 12.1. The van der Waals surface area contributed by atoms with E-state index in [2.05, 4.69) is 127 Å². The third-order valence-electron chi connectivity index (χ3n) is 10.8. The first kappa shape index (κ1) is 29.2. The summed E-state index contributed by atoms with van der Waals surface area (Å²) in [5.41, 5.74) is 12.9. The summed E-state index contributed by atoms with van der Waals surface area (Å²) >= 11 is 0. The van der Waals surface area contributed by atoms with Crippen molar-refractivity contribution < 1.29 is 8.83 Å². The number of nitrogens with zero attached hydrogens (tertiary/aromatic N) is 3. The minimum absolute atomic E-state index is 0.605. The standard InChI is InChI=1S/C49H27N3O2/c1-3-10-28(11-4-1)31-14-7-16-33(26-31)48-50-47(30-12-5-2-6-13-30)51-49(52-48)34-17-8-15-32(27-34)35-22-23-37-36-18-9-19-38-42(36)44-39(53-38)24-20-29-21-25-40-45(41(29)44)43(37)46(35)54-40/h1-27H. The molecule has 1 aliphatic rings. The minimum Gasteiger partial charge on any atom is -0.456 e. The van der Waals surface area contributed by atoms with Crippen LogP contribution in [0, 0.1) is 0 Å². The summed E-state index contributed by atoms with van der Waals surface area (Å²) in [6, 6.07) is 56.6. The Morgan fingerprint density at radius 1 is 0.296 bits per heavy atom. The van der Waals surface area contributed by atoms with E-state index < -0.39 is 0 Å². The highest BCUT2D eigenvalue weighted by Crippen LogP contribution is 2.51. The van der Waals surface area contributed by atoms with Gasteiger partial charge >= 0.3 is 0 Å². The highest BCUT2D eigenvalue weighted by molar-refractivity contribution is 6.37. The SMILES string of the molecule is c1ccc(-c2cccc(-c3nc(-c4ccccc4)nc(-c4cccc(-c5ccc6c7c5oc5ccc8ccc9oc%10cccc-6c%10c9c8c57)c4)n3)c2)cc1. The molecule has 0 atom stereocenters. The van der Waals surface area contributed by atoms with Gasteiger partial charge in [-0.15, -0.1) is 0 Å². The second-order valence-electron chi connectivity index (χ2n) is 13.9. The van der Waals surface area contributed by atoms with Crippen LogP contribution in [-0.4, -0.2) is 15.0 Å². The van der Waals surface area contributed by atoms with Crippen LogP contribution in [-0.2, 0) is 0 Å². The van der Waals surface area contributed by atoms with E-state index in [1.165, 1.54) is 10.8 Å². The van der Waals surface area contributed by atoms with Crippen LogP contribution in [0.3, 0.4) is 0 Å². The van der Waals surface area contributed by atoms with Gasteiger partial charge in [0, 0.05) is 49.2 Å². The van der Waals surface area contributed by atoms with E-state index in [1.54, 1.807) is 0 Å². The smallest absolute Gasteiger partial charge is 0.164 e. The molecular weight excluding hydrogens is 663 g/mol. The molecule has 54 heavy (non-hydrogen) atoms. The Bertz CT molecular complexity index is 3330. The number of hydrogen-bond donors (Lipinski definition) is 0. The van der Waals surface area contributed by atoms with Crippen LogP contribution in [0.15, 0.2) is 173 Å². The van der Waals surface area contributed by atoms with Crippen molar-refractivity contribution in [3.8, 4) is 67.5 Å². The predicted octanol–water partition coefficient (Wildman–Crippen LogP) is 13.1. The van der Waals surface area contributed by atoms with E-state index in [0.717, 1.165) is 93.9 Å². The van der Waals surface area contributed by atoms with Gasteiger partial charge < -0.3 is 8.83 Å². The molecule has 5 nitrogen and oxygen atoms in total. The monoisotopic (exact) mass is 689 g/mol. The van der Waals surface area contributed by atoms with Crippen LogP contribution < -0.4 is 0 Å². The first-order valence-electron chi connectivity index (χ1n) is 18.1. The lowest BCUT2D eigenvalue weighted by atomic mass is 9.94. The highest BCUT2D eigenvalue weighted by Gasteiger charge is 2.26. The van der Waals surface area contributed by atoms with Crippen LogP contribution in [0.25, 0.3) is 122 Å². The second-order valence-corrected chi connectivity index (χ2v) is 13.9. The van der Waals surface area contributed by atoms with E-state index in [0.29, 0.717) is 17.5 Å². The van der Waals surface area contributed by atoms with Crippen molar-refractivity contribution in [1.82, 2.24) is 15.0 Å². The van der Waals surface area contributed by atoms with E-state index in [9.17, 15) is 0 Å². The first-order valence-corrected chi connectivity index (χ1v) is 18.1. The zero-order valence-electron chi connectivity index (χ0n) is 28.7. The quantitative estimate of drug-likeness (QED) is 0.180. The van der Waals surface area contributed by atoms with Gasteiger partial charge in [0.15, 0.2) is 17.5 Å². The van der Waals surface area contributed by atoms with Gasteiger partial charge in [-0.3, -0.25) is 0 Å². The third kappa shape index (κ3) is 4.24. The highest BCUT2D eigenvalue weighted by atomic mass is 16.3. The van der Waals surface area contributed by atoms with Crippen molar-refractivity contribution in [2.24, 2.45) is 0 Å². The van der Waals surface area contributed by atoms with Crippen molar-refractivity contribution in [3.63, 3.8) is 0 Å². The van der Waals surface area contributed by atoms with Gasteiger partial charge in [0.25, 0.3) is 0 Å². The summed E-state index contributed by atoms with van der Waals surface area (Å²) in [5, 5.41) is 6.92. The Hall–Kier alpha value is -7.37. The molecule has 3 aromatic heterocycles. The zero-order chi connectivity index (χ0) is 35.3. The summed E-state index contributed by atoms with van der Waals surface area (Å²) in [5.74, 6) is 1.85. The molecule has 11 aromatic rings. The number of furan rings is 2. The molecule has 0 radical (unpaired) electrons. The fourth-order valence-electron chi connectivity index (χ4n) is 8.41. The van der Waals surface area contributed by atoms with Gasteiger partial charge in [-0.25, -0.2) is 15.0 Å². The molecule has 0 bridgehead atoms. The summed E-state index contributed by atoms with van der Waals surface area (Å²) in [7, 11) is 0. The summed E-state index contributed by atoms with van der Waals surface area (Å²) in [4.78, 5) is 15.2. The van der Waals surface area contributed by atoms with Crippen LogP contribution in [0.1, 0.15) is 0 Å². The number of benzene rings is 8. The van der Waals surface area contributed by atoms with Crippen molar-refractivity contribution in [2.75, 3.05) is 0 Å². The molecule has 0 saturated heterocycles. The Morgan fingerprint density at radius 2 is 0.815 bits per heavy atom. The maximum absolute atomic E-state index is 6.85. The Kier molecular flexibility index (Phi) is 5.99. The molecular formula is C49H27N3O2. The summed E-state index contributed by atoms with van der Waals surface area (Å²) in [6.07, 6.45) is 0. The van der Waals surface area contributed by atoms with E-state index in [4.69, 9.17) is 23.8 Å². The molecule has 0 N–H and O–H groups in total. The molecule has 5 heteroatoms. The molecule has 12 rings (SSSR count). The Labute approximate surface area is 308 Å². The van der Waals surface area contributed by atoms with Gasteiger partial charge in [-0.05, 0) is 69.6 Å². The largest absolute Gasteiger partial charge is 0.456 e. The molecule has 0 fully saturated rings. The molecule has 8 aromatic carbocycles. The molecule has 0 spiro atoms. The van der Waals surface area contributed by atoms with Gasteiger partial charge in [0.05, 0.1) is 0 Å². The van der Waals surface area contributed by atoms with E-state index >= 15 is 0 Å². The lowest BCUT2D eigenvalue weighted by Crippen LogP contribution is -2.00. The average molecular weight is 690 g/mol. The Balaban J connectivity index is 1.06. The topological polar surface area (TPSA) is 65.0 Å². The maximum Gasteiger partial charge on any atom is 0.164 e. The molecule has 0 amide bonds. The Morgan fingerprint density at radius 3 is 1.56 bits per heavy atom. The van der Waals surface area contributed by atoms with Crippen molar-refractivity contribution in [1.29, 1.82) is 0 Å². The van der Waals surface area contributed by atoms with E-state index in [1.807, 2.05) is 36.4 Å². The summed E-state index contributed by atoms with van der Waals surface area (Å²) < 4.78 is 13.2. The van der Waals surface area contributed by atoms with Gasteiger partial charge in [-0.2, -0.15) is 0 Å².